The summed E-state index contributed by atoms with van der Waals surface area (Å²) in [6, 6.07) is 14.3. The lowest BCUT2D eigenvalue weighted by molar-refractivity contribution is 0.213. The first-order valence-electron chi connectivity index (χ1n) is 7.24. The second-order valence-corrected chi connectivity index (χ2v) is 6.38. The summed E-state index contributed by atoms with van der Waals surface area (Å²) in [6.45, 7) is 2.11. The van der Waals surface area contributed by atoms with Gasteiger partial charge in [0.25, 0.3) is 0 Å². The molecule has 0 bridgehead atoms. The number of alkyl halides is 1. The van der Waals surface area contributed by atoms with Gasteiger partial charge in [-0.3, -0.25) is 0 Å². The predicted octanol–water partition coefficient (Wildman–Crippen LogP) is 5.36. The molecule has 2 aromatic carbocycles. The summed E-state index contributed by atoms with van der Waals surface area (Å²) in [5.41, 5.74) is 3.69. The van der Waals surface area contributed by atoms with Crippen LogP contribution in [0.15, 0.2) is 42.5 Å². The summed E-state index contributed by atoms with van der Waals surface area (Å²) in [5, 5.41) is 0.787. The minimum absolute atomic E-state index is 0.182. The van der Waals surface area contributed by atoms with Crippen molar-refractivity contribution >= 4 is 23.2 Å². The molecule has 1 aliphatic heterocycles. The summed E-state index contributed by atoms with van der Waals surface area (Å²) < 4.78 is 6.05. The molecular formula is C18H18Cl2O. The highest BCUT2D eigenvalue weighted by atomic mass is 35.5. The number of ether oxygens (including phenoxy) is 1. The number of hydrogen-bond donors (Lipinski definition) is 0. The van der Waals surface area contributed by atoms with Crippen LogP contribution in [0.25, 0.3) is 0 Å². The van der Waals surface area contributed by atoms with E-state index in [1.807, 2.05) is 18.2 Å². The Bertz CT molecular complexity index is 639. The van der Waals surface area contributed by atoms with E-state index in [9.17, 15) is 0 Å². The monoisotopic (exact) mass is 320 g/mol. The molecule has 0 saturated carbocycles. The number of rotatable bonds is 4. The zero-order chi connectivity index (χ0) is 14.8. The molecule has 0 aromatic heterocycles. The Balaban J connectivity index is 1.74. The molecule has 0 N–H and O–H groups in total. The van der Waals surface area contributed by atoms with Crippen LogP contribution in [0.4, 0.5) is 0 Å². The van der Waals surface area contributed by atoms with Gasteiger partial charge in [0.2, 0.25) is 0 Å². The number of fused-ring (bicyclic) bond motifs is 1. The minimum atomic E-state index is 0.182. The Hall–Kier alpha value is -1.18. The van der Waals surface area contributed by atoms with E-state index in [0.29, 0.717) is 5.88 Å². The molecule has 1 aliphatic rings. The Kier molecular flexibility index (Phi) is 4.42. The minimum Gasteiger partial charge on any atom is -0.490 e. The van der Waals surface area contributed by atoms with Crippen LogP contribution in [-0.2, 0) is 6.42 Å². The van der Waals surface area contributed by atoms with E-state index < -0.39 is 0 Å². The van der Waals surface area contributed by atoms with Gasteiger partial charge in [0.15, 0.2) is 0 Å². The van der Waals surface area contributed by atoms with Gasteiger partial charge in [-0.05, 0) is 36.6 Å². The third-order valence-corrected chi connectivity index (χ3v) is 4.75. The molecular weight excluding hydrogens is 303 g/mol. The van der Waals surface area contributed by atoms with Gasteiger partial charge in [-0.2, -0.15) is 0 Å². The van der Waals surface area contributed by atoms with Crippen molar-refractivity contribution in [2.75, 3.05) is 5.88 Å². The first kappa shape index (κ1) is 14.7. The Morgan fingerprint density at radius 3 is 2.81 bits per heavy atom. The second-order valence-electron chi connectivity index (χ2n) is 5.66. The summed E-state index contributed by atoms with van der Waals surface area (Å²) in [5.74, 6) is 1.79. The van der Waals surface area contributed by atoms with Gasteiger partial charge in [0.05, 0.1) is 0 Å². The van der Waals surface area contributed by atoms with Gasteiger partial charge < -0.3 is 4.74 Å². The van der Waals surface area contributed by atoms with Crippen LogP contribution in [0.1, 0.15) is 29.0 Å². The van der Waals surface area contributed by atoms with Gasteiger partial charge in [0.1, 0.15) is 11.9 Å². The smallest absolute Gasteiger partial charge is 0.123 e. The van der Waals surface area contributed by atoms with Crippen LogP contribution < -0.4 is 4.74 Å². The van der Waals surface area contributed by atoms with Gasteiger partial charge >= 0.3 is 0 Å². The van der Waals surface area contributed by atoms with Crippen molar-refractivity contribution in [2.45, 2.75) is 31.8 Å². The molecule has 0 amide bonds. The first-order chi connectivity index (χ1) is 10.2. The van der Waals surface area contributed by atoms with E-state index in [-0.39, 0.29) is 12.0 Å². The average Bonchev–Trinajstić information content (AvgIpc) is 2.87. The van der Waals surface area contributed by atoms with Gasteiger partial charge in [0, 0.05) is 23.2 Å². The molecule has 3 heteroatoms. The maximum absolute atomic E-state index is 6.29. The zero-order valence-electron chi connectivity index (χ0n) is 12.0. The van der Waals surface area contributed by atoms with Crippen LogP contribution in [0.5, 0.6) is 5.75 Å². The van der Waals surface area contributed by atoms with Crippen molar-refractivity contribution in [2.24, 2.45) is 0 Å². The van der Waals surface area contributed by atoms with E-state index in [1.54, 1.807) is 0 Å². The van der Waals surface area contributed by atoms with Gasteiger partial charge in [-0.15, -0.1) is 11.6 Å². The highest BCUT2D eigenvalue weighted by Crippen LogP contribution is 2.36. The predicted molar refractivity (Wildman–Crippen MR) is 88.8 cm³/mol. The average molecular weight is 321 g/mol. The second kappa shape index (κ2) is 6.29. The molecule has 1 heterocycles. The molecule has 0 spiro atoms. The van der Waals surface area contributed by atoms with E-state index in [4.69, 9.17) is 27.9 Å². The van der Waals surface area contributed by atoms with Crippen LogP contribution in [-0.4, -0.2) is 12.0 Å². The maximum atomic E-state index is 6.29. The van der Waals surface area contributed by atoms with E-state index >= 15 is 0 Å². The van der Waals surface area contributed by atoms with Gasteiger partial charge in [-0.1, -0.05) is 47.5 Å². The van der Waals surface area contributed by atoms with Crippen LogP contribution in [0, 0.1) is 6.92 Å². The van der Waals surface area contributed by atoms with E-state index in [2.05, 4.69) is 31.2 Å². The van der Waals surface area contributed by atoms with Crippen molar-refractivity contribution in [3.63, 3.8) is 0 Å². The summed E-state index contributed by atoms with van der Waals surface area (Å²) >= 11 is 12.5. The topological polar surface area (TPSA) is 9.23 Å². The fourth-order valence-electron chi connectivity index (χ4n) is 2.98. The fraction of sp³-hybridized carbons (Fsp3) is 0.333. The molecule has 0 aliphatic carbocycles. The van der Waals surface area contributed by atoms with Crippen molar-refractivity contribution in [1.29, 1.82) is 0 Å². The van der Waals surface area contributed by atoms with Crippen molar-refractivity contribution in [1.82, 2.24) is 0 Å². The molecule has 21 heavy (non-hydrogen) atoms. The fourth-order valence-corrected chi connectivity index (χ4v) is 3.56. The lowest BCUT2D eigenvalue weighted by Crippen LogP contribution is -2.18. The number of aryl methyl sites for hydroxylation is 1. The lowest BCUT2D eigenvalue weighted by atomic mass is 9.93. The third kappa shape index (κ3) is 3.20. The van der Waals surface area contributed by atoms with Crippen LogP contribution in [0.3, 0.4) is 0 Å². The number of halogens is 2. The third-order valence-electron chi connectivity index (χ3n) is 4.04. The highest BCUT2D eigenvalue weighted by Gasteiger charge is 2.27. The summed E-state index contributed by atoms with van der Waals surface area (Å²) in [4.78, 5) is 0. The van der Waals surface area contributed by atoms with Crippen LogP contribution >= 0.6 is 23.2 Å². The molecule has 0 radical (unpaired) electrons. The first-order valence-corrected chi connectivity index (χ1v) is 8.15. The van der Waals surface area contributed by atoms with Gasteiger partial charge in [-0.25, -0.2) is 0 Å². The van der Waals surface area contributed by atoms with Crippen LogP contribution in [0.2, 0.25) is 5.02 Å². The maximum Gasteiger partial charge on any atom is 0.123 e. The molecule has 3 rings (SSSR count). The molecule has 2 atom stereocenters. The quantitative estimate of drug-likeness (QED) is 0.688. The molecule has 0 fully saturated rings. The molecule has 110 valence electrons. The largest absolute Gasteiger partial charge is 0.490 e. The van der Waals surface area contributed by atoms with Crippen molar-refractivity contribution < 1.29 is 4.74 Å². The number of hydrogen-bond acceptors (Lipinski definition) is 1. The molecule has 2 unspecified atom stereocenters. The molecule has 0 saturated heterocycles. The number of benzene rings is 2. The van der Waals surface area contributed by atoms with Crippen molar-refractivity contribution in [3.05, 3.63) is 64.2 Å². The van der Waals surface area contributed by atoms with Crippen molar-refractivity contribution in [3.8, 4) is 5.75 Å². The van der Waals surface area contributed by atoms with E-state index in [1.165, 1.54) is 11.1 Å². The Morgan fingerprint density at radius 1 is 1.24 bits per heavy atom. The molecule has 1 nitrogen and oxygen atoms in total. The van der Waals surface area contributed by atoms with E-state index in [0.717, 1.165) is 29.2 Å². The highest BCUT2D eigenvalue weighted by molar-refractivity contribution is 6.31. The summed E-state index contributed by atoms with van der Waals surface area (Å²) in [7, 11) is 0. The Labute approximate surface area is 135 Å². The standard InChI is InChI=1S/C18H18Cl2O/c1-12-6-7-18-13(8-12)9-15(21-18)10-14(11-19)16-4-2-3-5-17(16)20/h2-8,14-15H,9-11H2,1H3. The molecule has 2 aromatic rings. The SMILES string of the molecule is Cc1ccc2c(c1)CC(CC(CCl)c1ccccc1Cl)O2. The Morgan fingerprint density at radius 2 is 2.05 bits per heavy atom. The lowest BCUT2D eigenvalue weighted by Gasteiger charge is -2.19. The normalized spacial score (nSPS) is 18.1. The summed E-state index contributed by atoms with van der Waals surface area (Å²) in [6.07, 6.45) is 2.03. The zero-order valence-corrected chi connectivity index (χ0v) is 13.5.